The highest BCUT2D eigenvalue weighted by Gasteiger charge is 2.23. The zero-order valence-corrected chi connectivity index (χ0v) is 13.1. The first-order valence-electron chi connectivity index (χ1n) is 5.59. The van der Waals surface area contributed by atoms with Gasteiger partial charge < -0.3 is 10.6 Å². The van der Waals surface area contributed by atoms with E-state index in [0.29, 0.717) is 5.92 Å². The number of nitrogens with zero attached hydrogens (tertiary/aromatic N) is 1. The highest BCUT2D eigenvalue weighted by atomic mass is 35.5. The Bertz CT molecular complexity index is 182. The monoisotopic (exact) mass is 287 g/mol. The number of rotatable bonds is 7. The predicted molar refractivity (Wildman–Crippen MR) is 78.4 cm³/mol. The van der Waals surface area contributed by atoms with Gasteiger partial charge in [0, 0.05) is 6.54 Å². The summed E-state index contributed by atoms with van der Waals surface area (Å²) in [6.45, 7) is 5.82. The second-order valence-electron chi connectivity index (χ2n) is 4.40. The third-order valence-corrected chi connectivity index (χ3v) is 2.36. The van der Waals surface area contributed by atoms with Crippen LogP contribution in [0.4, 0.5) is 0 Å². The maximum Gasteiger partial charge on any atom is 0.237 e. The summed E-state index contributed by atoms with van der Waals surface area (Å²) in [4.78, 5) is 13.8. The van der Waals surface area contributed by atoms with Crippen molar-refractivity contribution in [2.24, 2.45) is 5.92 Å². The zero-order chi connectivity index (χ0) is 11.8. The molecular weight excluding hydrogens is 261 g/mol. The Morgan fingerprint density at radius 2 is 1.71 bits per heavy atom. The lowest BCUT2D eigenvalue weighted by atomic mass is 10.0. The summed E-state index contributed by atoms with van der Waals surface area (Å²) in [5, 5.41) is 6.01. The van der Waals surface area contributed by atoms with E-state index in [1.165, 1.54) is 0 Å². The van der Waals surface area contributed by atoms with Crippen molar-refractivity contribution in [3.05, 3.63) is 0 Å². The Labute approximate surface area is 118 Å². The molecule has 106 valence electrons. The molecule has 0 fully saturated rings. The van der Waals surface area contributed by atoms with Crippen LogP contribution in [0.25, 0.3) is 0 Å². The summed E-state index contributed by atoms with van der Waals surface area (Å²) in [5.74, 6) is 0.468. The highest BCUT2D eigenvalue weighted by Crippen LogP contribution is 2.07. The summed E-state index contributed by atoms with van der Waals surface area (Å²) >= 11 is 0. The maximum atomic E-state index is 11.8. The quantitative estimate of drug-likeness (QED) is 0.691. The standard InChI is InChI=1S/C11H25N3O.2ClH/c1-9(2)10(14(4)5)11(15)13-8-6-7-12-3;;/h9-10,12H,6-8H2,1-5H3,(H,13,15);2*1H. The van der Waals surface area contributed by atoms with Gasteiger partial charge in [0.25, 0.3) is 0 Å². The first-order chi connectivity index (χ1) is 7.00. The van der Waals surface area contributed by atoms with E-state index >= 15 is 0 Å². The molecule has 0 aliphatic carbocycles. The highest BCUT2D eigenvalue weighted by molar-refractivity contribution is 5.85. The van der Waals surface area contributed by atoms with Crippen molar-refractivity contribution in [1.82, 2.24) is 15.5 Å². The van der Waals surface area contributed by atoms with E-state index in [1.807, 2.05) is 26.0 Å². The van der Waals surface area contributed by atoms with Crippen molar-refractivity contribution in [2.45, 2.75) is 26.3 Å². The maximum absolute atomic E-state index is 11.8. The van der Waals surface area contributed by atoms with E-state index in [4.69, 9.17) is 0 Å². The van der Waals surface area contributed by atoms with Gasteiger partial charge in [-0.1, -0.05) is 13.8 Å². The zero-order valence-electron chi connectivity index (χ0n) is 11.4. The fourth-order valence-corrected chi connectivity index (χ4v) is 1.71. The van der Waals surface area contributed by atoms with Gasteiger partial charge >= 0.3 is 0 Å². The van der Waals surface area contributed by atoms with E-state index in [1.54, 1.807) is 0 Å². The lowest BCUT2D eigenvalue weighted by Crippen LogP contribution is -2.47. The number of hydrogen-bond donors (Lipinski definition) is 2. The molecule has 0 spiro atoms. The van der Waals surface area contributed by atoms with Gasteiger partial charge in [-0.2, -0.15) is 0 Å². The molecule has 1 unspecified atom stereocenters. The molecule has 0 aromatic carbocycles. The van der Waals surface area contributed by atoms with E-state index < -0.39 is 0 Å². The molecule has 0 bridgehead atoms. The van der Waals surface area contributed by atoms with E-state index in [2.05, 4.69) is 24.5 Å². The molecule has 2 N–H and O–H groups in total. The second kappa shape index (κ2) is 12.4. The lowest BCUT2D eigenvalue weighted by Gasteiger charge is -2.26. The van der Waals surface area contributed by atoms with Crippen molar-refractivity contribution in [3.63, 3.8) is 0 Å². The molecule has 6 heteroatoms. The van der Waals surface area contributed by atoms with Crippen LogP contribution in [0.15, 0.2) is 0 Å². The fourth-order valence-electron chi connectivity index (χ4n) is 1.71. The van der Waals surface area contributed by atoms with Crippen molar-refractivity contribution in [1.29, 1.82) is 0 Å². The van der Waals surface area contributed by atoms with Crippen LogP contribution >= 0.6 is 24.8 Å². The van der Waals surface area contributed by atoms with Crippen LogP contribution in [0.1, 0.15) is 20.3 Å². The van der Waals surface area contributed by atoms with Crippen molar-refractivity contribution >= 4 is 30.7 Å². The third kappa shape index (κ3) is 9.65. The van der Waals surface area contributed by atoms with Crippen LogP contribution in [-0.4, -0.2) is 51.1 Å². The average Bonchev–Trinajstić information content (AvgIpc) is 2.11. The van der Waals surface area contributed by atoms with Gasteiger partial charge in [0.2, 0.25) is 5.91 Å². The Hall–Kier alpha value is -0.0300. The SMILES string of the molecule is CNCCCNC(=O)C(C(C)C)N(C)C.Cl.Cl. The Balaban J connectivity index is -0.000000980. The van der Waals surface area contributed by atoms with Gasteiger partial charge in [-0.3, -0.25) is 9.69 Å². The molecular formula is C11H27Cl2N3O. The number of likely N-dealkylation sites (N-methyl/N-ethyl adjacent to an activating group) is 1. The molecule has 0 aromatic heterocycles. The van der Waals surface area contributed by atoms with Gasteiger partial charge in [-0.25, -0.2) is 0 Å². The molecule has 0 saturated carbocycles. The molecule has 0 aliphatic heterocycles. The minimum atomic E-state index is -0.0282. The number of nitrogens with one attached hydrogen (secondary N) is 2. The number of halogens is 2. The van der Waals surface area contributed by atoms with Crippen LogP contribution in [0.3, 0.4) is 0 Å². The van der Waals surface area contributed by atoms with Crippen LogP contribution in [0.5, 0.6) is 0 Å². The molecule has 0 saturated heterocycles. The van der Waals surface area contributed by atoms with Gasteiger partial charge in [0.1, 0.15) is 0 Å². The normalized spacial score (nSPS) is 11.7. The van der Waals surface area contributed by atoms with E-state index in [0.717, 1.165) is 19.5 Å². The predicted octanol–water partition coefficient (Wildman–Crippen LogP) is 1.14. The molecule has 1 amide bonds. The van der Waals surface area contributed by atoms with Gasteiger partial charge in [-0.05, 0) is 40.0 Å². The number of hydrogen-bond acceptors (Lipinski definition) is 3. The molecule has 1 atom stereocenters. The van der Waals surface area contributed by atoms with Crippen molar-refractivity contribution in [3.8, 4) is 0 Å². The molecule has 4 nitrogen and oxygen atoms in total. The largest absolute Gasteiger partial charge is 0.355 e. The molecule has 17 heavy (non-hydrogen) atoms. The summed E-state index contributed by atoms with van der Waals surface area (Å²) in [6, 6.07) is -0.0282. The number of carbonyl (C=O) groups excluding carboxylic acids is 1. The number of carbonyl (C=O) groups is 1. The molecule has 0 aromatic rings. The van der Waals surface area contributed by atoms with Crippen molar-refractivity contribution in [2.75, 3.05) is 34.2 Å². The minimum absolute atomic E-state index is 0. The molecule has 0 radical (unpaired) electrons. The van der Waals surface area contributed by atoms with E-state index in [9.17, 15) is 4.79 Å². The van der Waals surface area contributed by atoms with Gasteiger partial charge in [0.15, 0.2) is 0 Å². The van der Waals surface area contributed by atoms with E-state index in [-0.39, 0.29) is 36.8 Å². The average molecular weight is 288 g/mol. The van der Waals surface area contributed by atoms with Crippen LogP contribution in [-0.2, 0) is 4.79 Å². The Morgan fingerprint density at radius 3 is 2.06 bits per heavy atom. The van der Waals surface area contributed by atoms with Crippen LogP contribution in [0.2, 0.25) is 0 Å². The lowest BCUT2D eigenvalue weighted by molar-refractivity contribution is -0.126. The summed E-state index contributed by atoms with van der Waals surface area (Å²) in [6.07, 6.45) is 0.973. The Kier molecular flexibility index (Phi) is 16.2. The number of amides is 1. The van der Waals surface area contributed by atoms with Crippen molar-refractivity contribution < 1.29 is 4.79 Å². The molecule has 0 heterocycles. The van der Waals surface area contributed by atoms with Crippen LogP contribution in [0, 0.1) is 5.92 Å². The first-order valence-corrected chi connectivity index (χ1v) is 5.59. The Morgan fingerprint density at radius 1 is 1.18 bits per heavy atom. The molecule has 0 rings (SSSR count). The molecule has 0 aliphatic rings. The summed E-state index contributed by atoms with van der Waals surface area (Å²) < 4.78 is 0. The second-order valence-corrected chi connectivity index (χ2v) is 4.40. The summed E-state index contributed by atoms with van der Waals surface area (Å²) in [5.41, 5.74) is 0. The van der Waals surface area contributed by atoms with Gasteiger partial charge in [-0.15, -0.1) is 24.8 Å². The smallest absolute Gasteiger partial charge is 0.237 e. The van der Waals surface area contributed by atoms with Gasteiger partial charge in [0.05, 0.1) is 6.04 Å². The summed E-state index contributed by atoms with van der Waals surface area (Å²) in [7, 11) is 5.80. The first kappa shape index (κ1) is 22.2. The minimum Gasteiger partial charge on any atom is -0.355 e. The third-order valence-electron chi connectivity index (χ3n) is 2.36. The van der Waals surface area contributed by atoms with Crippen LogP contribution < -0.4 is 10.6 Å². The topological polar surface area (TPSA) is 44.4 Å². The fraction of sp³-hybridized carbons (Fsp3) is 0.909.